The Morgan fingerprint density at radius 3 is 2.89 bits per heavy atom. The van der Waals surface area contributed by atoms with Crippen molar-refractivity contribution < 1.29 is 4.79 Å². The smallest absolute Gasteiger partial charge is 0.212 e. The molecule has 0 heterocycles. The fourth-order valence-corrected chi connectivity index (χ4v) is 1.46. The third-order valence-corrected chi connectivity index (χ3v) is 2.27. The van der Waals surface area contributed by atoms with E-state index in [9.17, 15) is 4.79 Å². The van der Waals surface area contributed by atoms with Gasteiger partial charge in [0.15, 0.2) is 0 Å². The lowest BCUT2D eigenvalue weighted by Crippen LogP contribution is -1.97. The van der Waals surface area contributed by atoms with Crippen molar-refractivity contribution in [1.82, 2.24) is 0 Å². The summed E-state index contributed by atoms with van der Waals surface area (Å²) in [4.78, 5) is 9.93. The predicted molar refractivity (Wildman–Crippen MR) is 46.1 cm³/mol. The third kappa shape index (κ3) is 6.25. The average molecular weight is 163 g/mol. The van der Waals surface area contributed by atoms with Crippen LogP contribution in [0.15, 0.2) is 0 Å². The maximum Gasteiger partial charge on any atom is 0.212 e. The van der Waals surface area contributed by atoms with Gasteiger partial charge in [0.2, 0.25) is 6.29 Å². The first kappa shape index (κ1) is 9.37. The third-order valence-electron chi connectivity index (χ3n) is 0.836. The van der Waals surface area contributed by atoms with Gasteiger partial charge in [-0.25, -0.2) is 0 Å². The summed E-state index contributed by atoms with van der Waals surface area (Å²) in [5.41, 5.74) is 0. The number of thiol groups is 1. The lowest BCUT2D eigenvalue weighted by molar-refractivity contribution is 0.555. The Morgan fingerprint density at radius 1 is 1.78 bits per heavy atom. The molecule has 1 unspecified atom stereocenters. The maximum absolute atomic E-state index is 9.93. The van der Waals surface area contributed by atoms with Gasteiger partial charge in [-0.05, 0) is 24.9 Å². The van der Waals surface area contributed by atoms with Crippen molar-refractivity contribution in [3.63, 3.8) is 0 Å². The summed E-state index contributed by atoms with van der Waals surface area (Å²) in [6.45, 7) is 1.86. The van der Waals surface area contributed by atoms with Crippen LogP contribution in [0.5, 0.6) is 0 Å². The largest absolute Gasteiger partial charge is 0.290 e. The Kier molecular flexibility index (Phi) is 6.76. The highest BCUT2D eigenvalue weighted by molar-refractivity contribution is 8.00. The molecule has 0 aliphatic heterocycles. The van der Waals surface area contributed by atoms with Crippen LogP contribution in [0, 0.1) is 0 Å². The molecule has 1 atom stereocenters. The molecule has 9 heavy (non-hydrogen) atoms. The van der Waals surface area contributed by atoms with Crippen LogP contribution in [-0.4, -0.2) is 23.0 Å². The molecule has 1 radical (unpaired) electrons. The summed E-state index contributed by atoms with van der Waals surface area (Å²) in [5, 5.41) is 0.0323. The summed E-state index contributed by atoms with van der Waals surface area (Å²) in [7, 11) is 0. The molecular weight excluding hydrogens is 152 g/mol. The molecule has 0 spiro atoms. The van der Waals surface area contributed by atoms with Gasteiger partial charge in [-0.3, -0.25) is 4.79 Å². The number of hydrogen-bond acceptors (Lipinski definition) is 3. The van der Waals surface area contributed by atoms with E-state index >= 15 is 0 Å². The van der Waals surface area contributed by atoms with Crippen molar-refractivity contribution in [2.45, 2.75) is 18.6 Å². The Hall–Kier alpha value is 0.370. The van der Waals surface area contributed by atoms with Crippen LogP contribution in [0.2, 0.25) is 0 Å². The first-order valence-corrected chi connectivity index (χ1v) is 4.59. The van der Waals surface area contributed by atoms with Crippen molar-refractivity contribution in [1.29, 1.82) is 0 Å². The summed E-state index contributed by atoms with van der Waals surface area (Å²) in [6, 6.07) is 0. The zero-order valence-corrected chi connectivity index (χ0v) is 7.17. The summed E-state index contributed by atoms with van der Waals surface area (Å²) >= 11 is 5.67. The zero-order chi connectivity index (χ0) is 7.11. The fourth-order valence-electron chi connectivity index (χ4n) is 0.359. The molecular formula is C6H11OS2. The lowest BCUT2D eigenvalue weighted by Gasteiger charge is -1.98. The summed E-state index contributed by atoms with van der Waals surface area (Å²) in [6.07, 6.45) is 2.98. The van der Waals surface area contributed by atoms with E-state index in [0.717, 1.165) is 17.9 Å². The minimum absolute atomic E-state index is 0.0323. The number of rotatable bonds is 5. The molecule has 0 aliphatic rings. The summed E-state index contributed by atoms with van der Waals surface area (Å²) < 4.78 is 0. The molecule has 0 fully saturated rings. The van der Waals surface area contributed by atoms with Crippen LogP contribution >= 0.6 is 24.4 Å². The molecule has 1 nitrogen and oxygen atoms in total. The Morgan fingerprint density at radius 2 is 2.44 bits per heavy atom. The minimum atomic E-state index is 0.0323. The Labute approximate surface area is 66.0 Å². The molecule has 0 aromatic rings. The monoisotopic (exact) mass is 163 g/mol. The maximum atomic E-state index is 9.93. The van der Waals surface area contributed by atoms with Gasteiger partial charge in [0.05, 0.1) is 5.25 Å². The van der Waals surface area contributed by atoms with Gasteiger partial charge in [-0.15, -0.1) is 0 Å². The molecule has 0 aliphatic carbocycles. The second kappa shape index (κ2) is 6.49. The van der Waals surface area contributed by atoms with Gasteiger partial charge in [-0.1, -0.05) is 0 Å². The SMILES string of the molecule is CC([C]=O)SCCCS. The molecule has 0 aromatic carbocycles. The second-order valence-electron chi connectivity index (χ2n) is 1.71. The van der Waals surface area contributed by atoms with E-state index in [1.54, 1.807) is 11.8 Å². The van der Waals surface area contributed by atoms with Gasteiger partial charge >= 0.3 is 0 Å². The van der Waals surface area contributed by atoms with Crippen LogP contribution < -0.4 is 0 Å². The second-order valence-corrected chi connectivity index (χ2v) is 3.60. The van der Waals surface area contributed by atoms with E-state index in [4.69, 9.17) is 0 Å². The van der Waals surface area contributed by atoms with Crippen LogP contribution in [0.1, 0.15) is 13.3 Å². The van der Waals surface area contributed by atoms with Gasteiger partial charge < -0.3 is 0 Å². The fraction of sp³-hybridized carbons (Fsp3) is 0.833. The molecule has 0 N–H and O–H groups in total. The molecule has 0 aromatic heterocycles. The summed E-state index contributed by atoms with van der Waals surface area (Å²) in [5.74, 6) is 1.92. The molecule has 0 amide bonds. The van der Waals surface area contributed by atoms with Crippen molar-refractivity contribution in [3.8, 4) is 0 Å². The number of hydrogen-bond donors (Lipinski definition) is 1. The Balaban J connectivity index is 2.96. The molecule has 0 rings (SSSR count). The average Bonchev–Trinajstić information content (AvgIpc) is 1.89. The van der Waals surface area contributed by atoms with E-state index in [1.807, 2.05) is 13.2 Å². The van der Waals surface area contributed by atoms with Crippen LogP contribution in [-0.2, 0) is 4.79 Å². The van der Waals surface area contributed by atoms with Crippen molar-refractivity contribution in [3.05, 3.63) is 0 Å². The molecule has 53 valence electrons. The quantitative estimate of drug-likeness (QED) is 0.489. The topological polar surface area (TPSA) is 17.1 Å². The van der Waals surface area contributed by atoms with Gasteiger partial charge in [0.1, 0.15) is 0 Å². The first-order valence-electron chi connectivity index (χ1n) is 2.91. The lowest BCUT2D eigenvalue weighted by atomic mass is 10.5. The highest BCUT2D eigenvalue weighted by atomic mass is 32.2. The van der Waals surface area contributed by atoms with Crippen molar-refractivity contribution in [2.24, 2.45) is 0 Å². The molecule has 0 saturated heterocycles. The Bertz CT molecular complexity index is 75.5. The number of carbonyl (C=O) groups excluding carboxylic acids is 1. The molecule has 3 heteroatoms. The van der Waals surface area contributed by atoms with E-state index < -0.39 is 0 Å². The highest BCUT2D eigenvalue weighted by Crippen LogP contribution is 2.08. The van der Waals surface area contributed by atoms with Gasteiger partial charge in [0, 0.05) is 0 Å². The van der Waals surface area contributed by atoms with Gasteiger partial charge in [-0.2, -0.15) is 24.4 Å². The van der Waals surface area contributed by atoms with E-state index in [2.05, 4.69) is 12.6 Å². The molecule has 0 saturated carbocycles. The van der Waals surface area contributed by atoms with E-state index in [1.165, 1.54) is 0 Å². The predicted octanol–water partition coefficient (Wildman–Crippen LogP) is 1.54. The number of thioether (sulfide) groups is 1. The highest BCUT2D eigenvalue weighted by Gasteiger charge is 1.98. The van der Waals surface area contributed by atoms with E-state index in [0.29, 0.717) is 0 Å². The standard InChI is InChI=1S/C6H11OS2/c1-6(5-7)9-4-2-3-8/h6,8H,2-4H2,1H3. The van der Waals surface area contributed by atoms with Gasteiger partial charge in [0.25, 0.3) is 0 Å². The zero-order valence-electron chi connectivity index (χ0n) is 5.46. The van der Waals surface area contributed by atoms with Crippen LogP contribution in [0.25, 0.3) is 0 Å². The first-order chi connectivity index (χ1) is 4.31. The van der Waals surface area contributed by atoms with Crippen LogP contribution in [0.4, 0.5) is 0 Å². The molecule has 0 bridgehead atoms. The van der Waals surface area contributed by atoms with Crippen molar-refractivity contribution in [2.75, 3.05) is 11.5 Å². The van der Waals surface area contributed by atoms with Crippen LogP contribution in [0.3, 0.4) is 0 Å². The van der Waals surface area contributed by atoms with E-state index in [-0.39, 0.29) is 5.25 Å². The minimum Gasteiger partial charge on any atom is -0.290 e. The van der Waals surface area contributed by atoms with Crippen molar-refractivity contribution >= 4 is 30.7 Å². The normalized spacial score (nSPS) is 13.1.